The van der Waals surface area contributed by atoms with E-state index in [0.29, 0.717) is 23.4 Å². The van der Waals surface area contributed by atoms with Crippen LogP contribution in [-0.4, -0.2) is 41.3 Å². The molecule has 0 bridgehead atoms. The van der Waals surface area contributed by atoms with Gasteiger partial charge in [-0.25, -0.2) is 14.5 Å². The summed E-state index contributed by atoms with van der Waals surface area (Å²) in [7, 11) is 0. The van der Waals surface area contributed by atoms with E-state index in [0.717, 1.165) is 24.1 Å². The monoisotopic (exact) mass is 459 g/mol. The number of rotatable bonds is 7. The van der Waals surface area contributed by atoms with Crippen molar-refractivity contribution in [3.8, 4) is 11.4 Å². The highest BCUT2D eigenvalue weighted by Gasteiger charge is 2.30. The number of fused-ring (bicyclic) bond motifs is 1. The molecule has 0 aliphatic heterocycles. The summed E-state index contributed by atoms with van der Waals surface area (Å²) in [6.07, 6.45) is 6.78. The van der Waals surface area contributed by atoms with Crippen LogP contribution < -0.4 is 16.4 Å². The molecule has 10 nitrogen and oxygen atoms in total. The van der Waals surface area contributed by atoms with Gasteiger partial charge in [0, 0.05) is 49.0 Å². The van der Waals surface area contributed by atoms with E-state index in [1.54, 1.807) is 45.9 Å². The number of pyridine rings is 3. The highest BCUT2D eigenvalue weighted by molar-refractivity contribution is 5.96. The van der Waals surface area contributed by atoms with Crippen LogP contribution in [0.5, 0.6) is 0 Å². The van der Waals surface area contributed by atoms with Crippen molar-refractivity contribution in [2.75, 3.05) is 6.54 Å². The van der Waals surface area contributed by atoms with Crippen LogP contribution in [0.2, 0.25) is 0 Å². The number of hydrogen-bond donors (Lipinski definition) is 1. The lowest BCUT2D eigenvalue weighted by molar-refractivity contribution is 0.0950. The maximum absolute atomic E-state index is 13.0. The Hall–Kier alpha value is -4.08. The van der Waals surface area contributed by atoms with Crippen LogP contribution >= 0.6 is 0 Å². The molecule has 10 heteroatoms. The van der Waals surface area contributed by atoms with E-state index in [-0.39, 0.29) is 35.8 Å². The lowest BCUT2D eigenvalue weighted by Crippen LogP contribution is -2.34. The molecule has 174 valence electrons. The molecule has 0 saturated heterocycles. The molecule has 0 radical (unpaired) electrons. The second-order valence-electron chi connectivity index (χ2n) is 8.41. The predicted molar refractivity (Wildman–Crippen MR) is 127 cm³/mol. The van der Waals surface area contributed by atoms with Gasteiger partial charge in [-0.3, -0.25) is 19.1 Å². The molecule has 0 spiro atoms. The largest absolute Gasteiger partial charge is 0.350 e. The molecule has 1 saturated carbocycles. The first-order valence-electron chi connectivity index (χ1n) is 11.4. The zero-order valence-corrected chi connectivity index (χ0v) is 19.1. The molecule has 0 atom stereocenters. The molecular weight excluding hydrogens is 434 g/mol. The van der Waals surface area contributed by atoms with Gasteiger partial charge in [0.2, 0.25) is 5.43 Å². The third-order valence-electron chi connectivity index (χ3n) is 5.96. The number of nitrogens with zero attached hydrogens (tertiary/aromatic N) is 6. The fourth-order valence-corrected chi connectivity index (χ4v) is 4.05. The summed E-state index contributed by atoms with van der Waals surface area (Å²) in [4.78, 5) is 47.4. The van der Waals surface area contributed by atoms with Gasteiger partial charge in [0.05, 0.1) is 11.9 Å². The molecule has 5 rings (SSSR count). The molecule has 1 N–H and O–H groups in total. The van der Waals surface area contributed by atoms with Crippen molar-refractivity contribution in [1.82, 2.24) is 34.2 Å². The fourth-order valence-electron chi connectivity index (χ4n) is 4.05. The van der Waals surface area contributed by atoms with Crippen molar-refractivity contribution in [2.24, 2.45) is 0 Å². The maximum Gasteiger partial charge on any atom is 0.346 e. The minimum atomic E-state index is -0.489. The molecule has 1 aliphatic rings. The Morgan fingerprint density at radius 2 is 2.03 bits per heavy atom. The van der Waals surface area contributed by atoms with Gasteiger partial charge in [-0.15, -0.1) is 5.10 Å². The van der Waals surface area contributed by atoms with Crippen molar-refractivity contribution in [2.45, 2.75) is 45.8 Å². The number of hydrogen-bond acceptors (Lipinski definition) is 6. The van der Waals surface area contributed by atoms with Crippen LogP contribution in [0.25, 0.3) is 22.4 Å². The van der Waals surface area contributed by atoms with Gasteiger partial charge < -0.3 is 9.88 Å². The summed E-state index contributed by atoms with van der Waals surface area (Å²) in [6, 6.07) is 7.28. The number of amides is 1. The van der Waals surface area contributed by atoms with E-state index in [2.05, 4.69) is 20.4 Å². The number of aryl methyl sites for hydroxylation is 2. The fraction of sp³-hybridized carbons (Fsp3) is 0.333. The van der Waals surface area contributed by atoms with Gasteiger partial charge in [0.1, 0.15) is 11.2 Å². The number of carbonyl (C=O) groups is 1. The smallest absolute Gasteiger partial charge is 0.346 e. The molecule has 4 heterocycles. The SMILES string of the molecule is CCn1cc(C(=O)NCCn2nc(-c3cccnc3)n(C3CC3)c2=O)c(=O)c2ccc(C)nc21. The van der Waals surface area contributed by atoms with Gasteiger partial charge in [0.25, 0.3) is 5.91 Å². The number of carbonyl (C=O) groups excluding carboxylic acids is 1. The van der Waals surface area contributed by atoms with Gasteiger partial charge in [-0.2, -0.15) is 0 Å². The predicted octanol–water partition coefficient (Wildman–Crippen LogP) is 1.91. The van der Waals surface area contributed by atoms with Crippen LogP contribution in [0.4, 0.5) is 0 Å². The van der Waals surface area contributed by atoms with E-state index in [1.807, 2.05) is 19.9 Å². The molecule has 1 fully saturated rings. The summed E-state index contributed by atoms with van der Waals surface area (Å²) >= 11 is 0. The van der Waals surface area contributed by atoms with Gasteiger partial charge in [-0.05, 0) is 51.0 Å². The minimum Gasteiger partial charge on any atom is -0.350 e. The Bertz CT molecular complexity index is 1500. The van der Waals surface area contributed by atoms with Gasteiger partial charge >= 0.3 is 5.69 Å². The molecule has 1 aliphatic carbocycles. The first kappa shape index (κ1) is 21.7. The average molecular weight is 460 g/mol. The second-order valence-corrected chi connectivity index (χ2v) is 8.41. The topological polar surface area (TPSA) is 117 Å². The third-order valence-corrected chi connectivity index (χ3v) is 5.96. The molecule has 34 heavy (non-hydrogen) atoms. The second kappa shape index (κ2) is 8.69. The van der Waals surface area contributed by atoms with E-state index in [4.69, 9.17) is 0 Å². The van der Waals surface area contributed by atoms with Crippen molar-refractivity contribution in [1.29, 1.82) is 0 Å². The zero-order valence-electron chi connectivity index (χ0n) is 19.1. The lowest BCUT2D eigenvalue weighted by atomic mass is 10.1. The Morgan fingerprint density at radius 3 is 2.74 bits per heavy atom. The Labute approximate surface area is 194 Å². The van der Waals surface area contributed by atoms with E-state index in [9.17, 15) is 14.4 Å². The van der Waals surface area contributed by atoms with E-state index < -0.39 is 5.91 Å². The van der Waals surface area contributed by atoms with Crippen LogP contribution in [-0.2, 0) is 13.1 Å². The summed E-state index contributed by atoms with van der Waals surface area (Å²) < 4.78 is 4.86. The highest BCUT2D eigenvalue weighted by Crippen LogP contribution is 2.36. The normalized spacial score (nSPS) is 13.4. The first-order valence-corrected chi connectivity index (χ1v) is 11.4. The lowest BCUT2D eigenvalue weighted by Gasteiger charge is -2.11. The molecule has 1 amide bonds. The first-order chi connectivity index (χ1) is 16.5. The van der Waals surface area contributed by atoms with Crippen LogP contribution in [0, 0.1) is 6.92 Å². The van der Waals surface area contributed by atoms with Crippen molar-refractivity contribution >= 4 is 16.9 Å². The van der Waals surface area contributed by atoms with E-state index in [1.165, 1.54) is 4.68 Å². The Morgan fingerprint density at radius 1 is 1.21 bits per heavy atom. The number of aromatic nitrogens is 6. The summed E-state index contributed by atoms with van der Waals surface area (Å²) in [6.45, 7) is 4.70. The molecule has 4 aromatic heterocycles. The summed E-state index contributed by atoms with van der Waals surface area (Å²) in [5, 5.41) is 7.67. The standard InChI is InChI=1S/C24H25N7O3/c1-3-29-14-19(20(32)18-9-6-15(2)27-22(18)29)23(33)26-11-12-30-24(34)31(17-7-8-17)21(28-30)16-5-4-10-25-13-16/h4-6,9-10,13-14,17H,3,7-8,11-12H2,1-2H3,(H,26,33). The van der Waals surface area contributed by atoms with Crippen LogP contribution in [0.15, 0.2) is 52.4 Å². The van der Waals surface area contributed by atoms with Crippen LogP contribution in [0.1, 0.15) is 41.9 Å². The van der Waals surface area contributed by atoms with Crippen molar-refractivity contribution in [3.63, 3.8) is 0 Å². The maximum atomic E-state index is 13.0. The number of nitrogens with one attached hydrogen (secondary N) is 1. The average Bonchev–Trinajstić information content (AvgIpc) is 3.63. The molecular formula is C24H25N7O3. The van der Waals surface area contributed by atoms with Gasteiger partial charge in [-0.1, -0.05) is 0 Å². The van der Waals surface area contributed by atoms with E-state index >= 15 is 0 Å². The molecule has 4 aromatic rings. The summed E-state index contributed by atoms with van der Waals surface area (Å²) in [5.74, 6) is 0.0897. The molecule has 0 unspecified atom stereocenters. The Balaban J connectivity index is 1.37. The van der Waals surface area contributed by atoms with Gasteiger partial charge in [0.15, 0.2) is 5.82 Å². The quantitative estimate of drug-likeness (QED) is 0.451. The third kappa shape index (κ3) is 3.91. The minimum absolute atomic E-state index is 0.0481. The molecule has 0 aromatic carbocycles. The van der Waals surface area contributed by atoms with Crippen molar-refractivity contribution in [3.05, 3.63) is 74.8 Å². The summed E-state index contributed by atoms with van der Waals surface area (Å²) in [5.41, 5.74) is 1.60. The zero-order chi connectivity index (χ0) is 23.8. The van der Waals surface area contributed by atoms with Crippen LogP contribution in [0.3, 0.4) is 0 Å². The highest BCUT2D eigenvalue weighted by atomic mass is 16.2. The Kier molecular flexibility index (Phi) is 5.56. The van der Waals surface area contributed by atoms with Crippen molar-refractivity contribution < 1.29 is 4.79 Å².